The molecule has 166 valence electrons. The third-order valence-electron chi connectivity index (χ3n) is 4.69. The zero-order valence-corrected chi connectivity index (χ0v) is 17.6. The Morgan fingerprint density at radius 3 is 2.72 bits per heavy atom. The lowest BCUT2D eigenvalue weighted by Gasteiger charge is -2.49. The number of benzene rings is 1. The Morgan fingerprint density at radius 2 is 2.09 bits per heavy atom. The molecule has 3 heterocycles. The minimum atomic E-state index is -1.25. The lowest BCUT2D eigenvalue weighted by Crippen LogP contribution is -2.71. The molecule has 2 amide bonds. The number of tetrazole rings is 1. The molecule has 2 aliphatic heterocycles. The number of carbonyl (C=O) groups is 3. The Hall–Kier alpha value is -3.59. The second-order valence-corrected chi connectivity index (χ2v) is 8.64. The number of amides is 2. The summed E-state index contributed by atoms with van der Waals surface area (Å²) < 4.78 is 0. The zero-order valence-electron chi connectivity index (χ0n) is 16.0. The van der Waals surface area contributed by atoms with E-state index in [0.717, 1.165) is 4.90 Å². The number of carbonyl (C=O) groups excluding carboxylic acids is 2. The normalized spacial score (nSPS) is 20.6. The van der Waals surface area contributed by atoms with Crippen LogP contribution in [0.1, 0.15) is 5.56 Å². The lowest BCUT2D eigenvalue weighted by atomic mass is 10.0. The third kappa shape index (κ3) is 3.99. The Morgan fingerprint density at radius 1 is 1.34 bits per heavy atom. The van der Waals surface area contributed by atoms with Crippen LogP contribution in [0.3, 0.4) is 0 Å². The molecule has 0 bridgehead atoms. The molecule has 1 aromatic carbocycles. The molecule has 2 aromatic rings. The van der Waals surface area contributed by atoms with Crippen molar-refractivity contribution in [1.82, 2.24) is 30.8 Å². The highest BCUT2D eigenvalue weighted by atomic mass is 32.2. The minimum Gasteiger partial charge on any atom is -0.508 e. The first-order chi connectivity index (χ1) is 15.4. The van der Waals surface area contributed by atoms with E-state index in [0.29, 0.717) is 16.5 Å². The van der Waals surface area contributed by atoms with Gasteiger partial charge in [0.25, 0.3) is 11.8 Å². The number of rotatable bonds is 7. The lowest BCUT2D eigenvalue weighted by molar-refractivity contribution is -0.150. The van der Waals surface area contributed by atoms with Gasteiger partial charge in [-0.2, -0.15) is 5.21 Å². The first kappa shape index (κ1) is 21.6. The van der Waals surface area contributed by atoms with Crippen molar-refractivity contribution in [1.29, 1.82) is 0 Å². The van der Waals surface area contributed by atoms with E-state index in [-0.39, 0.29) is 28.5 Å². The van der Waals surface area contributed by atoms with Gasteiger partial charge in [0.1, 0.15) is 22.9 Å². The first-order valence-electron chi connectivity index (χ1n) is 8.99. The van der Waals surface area contributed by atoms with Gasteiger partial charge < -0.3 is 20.7 Å². The van der Waals surface area contributed by atoms with E-state index in [4.69, 9.17) is 0 Å². The fraction of sp³-hybridized carbons (Fsp3) is 0.235. The van der Waals surface area contributed by atoms with Gasteiger partial charge in [0.2, 0.25) is 5.16 Å². The molecule has 0 spiro atoms. The molecule has 0 saturated carbocycles. The highest BCUT2D eigenvalue weighted by molar-refractivity contribution is 8.01. The molecule has 0 aliphatic carbocycles. The number of hydrogen-bond donors (Lipinski definition) is 5. The van der Waals surface area contributed by atoms with Crippen LogP contribution in [0.5, 0.6) is 5.75 Å². The summed E-state index contributed by atoms with van der Waals surface area (Å²) in [4.78, 5) is 38.4. The Bertz CT molecular complexity index is 1120. The number of carboxylic acid groups (broad SMARTS) is 1. The summed E-state index contributed by atoms with van der Waals surface area (Å²) >= 11 is 2.49. The number of fused-ring (bicyclic) bond motifs is 1. The predicted molar refractivity (Wildman–Crippen MR) is 111 cm³/mol. The summed E-state index contributed by atoms with van der Waals surface area (Å²) in [6.45, 7) is 0. The molecule has 0 radical (unpaired) electrons. The van der Waals surface area contributed by atoms with Crippen LogP contribution in [0.4, 0.5) is 0 Å². The van der Waals surface area contributed by atoms with E-state index >= 15 is 0 Å². The van der Waals surface area contributed by atoms with Gasteiger partial charge in [-0.3, -0.25) is 14.5 Å². The van der Waals surface area contributed by atoms with Gasteiger partial charge in [0.15, 0.2) is 5.71 Å². The second-order valence-electron chi connectivity index (χ2n) is 6.60. The molecule has 4 rings (SSSR count). The van der Waals surface area contributed by atoms with Gasteiger partial charge in [-0.15, -0.1) is 22.0 Å². The maximum atomic E-state index is 12.7. The molecular formula is C17H15N7O6S2. The smallest absolute Gasteiger partial charge is 0.352 e. The average Bonchev–Trinajstić information content (AvgIpc) is 3.30. The molecule has 13 nitrogen and oxygen atoms in total. The molecule has 5 N–H and O–H groups in total. The van der Waals surface area contributed by atoms with Crippen molar-refractivity contribution in [2.24, 2.45) is 5.16 Å². The number of H-pyrrole nitrogens is 1. The Balaban J connectivity index is 1.48. The standard InChI is InChI=1S/C17H15N7O6S2/c25-9-3-1-7(2-4-9)10(21-30)13(26)18-11-14(27)24-12(16(28)29)8(5-31-15(11)24)6-32-17-19-22-23-20-17/h1-4,11,15,25,30H,5-6H2,(H,18,26)(H,28,29)(H,19,20,22,23)/t11?,15-/m1/s1. The first-order valence-corrected chi connectivity index (χ1v) is 11.0. The number of phenols is 1. The molecule has 1 unspecified atom stereocenters. The van der Waals surface area contributed by atoms with Crippen LogP contribution in [-0.2, 0) is 14.4 Å². The van der Waals surface area contributed by atoms with Gasteiger partial charge in [0, 0.05) is 17.1 Å². The number of oxime groups is 1. The molecule has 32 heavy (non-hydrogen) atoms. The summed E-state index contributed by atoms with van der Waals surface area (Å²) in [5.41, 5.74) is 0.279. The van der Waals surface area contributed by atoms with E-state index in [1.165, 1.54) is 47.8 Å². The van der Waals surface area contributed by atoms with Gasteiger partial charge >= 0.3 is 5.97 Å². The topological polar surface area (TPSA) is 194 Å². The maximum absolute atomic E-state index is 12.7. The number of aromatic amines is 1. The van der Waals surface area contributed by atoms with Crippen LogP contribution in [0.25, 0.3) is 0 Å². The number of carboxylic acids is 1. The highest BCUT2D eigenvalue weighted by Crippen LogP contribution is 2.41. The predicted octanol–water partition coefficient (Wildman–Crippen LogP) is -0.386. The van der Waals surface area contributed by atoms with Crippen molar-refractivity contribution < 1.29 is 29.8 Å². The fourth-order valence-corrected chi connectivity index (χ4v) is 5.44. The monoisotopic (exact) mass is 477 g/mol. The van der Waals surface area contributed by atoms with Crippen LogP contribution in [0, 0.1) is 0 Å². The molecule has 1 fully saturated rings. The van der Waals surface area contributed by atoms with Crippen LogP contribution in [0.15, 0.2) is 45.8 Å². The largest absolute Gasteiger partial charge is 0.508 e. The number of nitrogens with one attached hydrogen (secondary N) is 2. The molecule has 1 aromatic heterocycles. The zero-order chi connectivity index (χ0) is 22.8. The van der Waals surface area contributed by atoms with Gasteiger partial charge in [-0.25, -0.2) is 4.79 Å². The number of nitrogens with zero attached hydrogens (tertiary/aromatic N) is 5. The van der Waals surface area contributed by atoms with Crippen LogP contribution in [0.2, 0.25) is 0 Å². The number of aliphatic carboxylic acids is 1. The fourth-order valence-electron chi connectivity index (χ4n) is 3.22. The van der Waals surface area contributed by atoms with E-state index in [1.807, 2.05) is 0 Å². The quantitative estimate of drug-likeness (QED) is 0.115. The van der Waals surface area contributed by atoms with E-state index < -0.39 is 29.2 Å². The third-order valence-corrected chi connectivity index (χ3v) is 6.96. The van der Waals surface area contributed by atoms with E-state index in [9.17, 15) is 29.8 Å². The van der Waals surface area contributed by atoms with E-state index in [2.05, 4.69) is 31.1 Å². The average molecular weight is 477 g/mol. The van der Waals surface area contributed by atoms with Gasteiger partial charge in [-0.1, -0.05) is 16.9 Å². The van der Waals surface area contributed by atoms with Gasteiger partial charge in [-0.05, 0) is 35.1 Å². The molecule has 15 heteroatoms. The molecule has 2 atom stereocenters. The van der Waals surface area contributed by atoms with Crippen LogP contribution < -0.4 is 5.32 Å². The number of phenolic OH excluding ortho intramolecular Hbond substituents is 1. The molecule has 2 aliphatic rings. The van der Waals surface area contributed by atoms with Crippen LogP contribution >= 0.6 is 23.5 Å². The van der Waals surface area contributed by atoms with Gasteiger partial charge in [0.05, 0.1) is 0 Å². The number of β-lactam (4-membered cyclic amide) rings is 1. The molecular weight excluding hydrogens is 462 g/mol. The van der Waals surface area contributed by atoms with Crippen molar-refractivity contribution in [2.75, 3.05) is 11.5 Å². The Kier molecular flexibility index (Phi) is 6.00. The van der Waals surface area contributed by atoms with Crippen molar-refractivity contribution in [3.63, 3.8) is 0 Å². The summed E-state index contributed by atoms with van der Waals surface area (Å²) in [6.07, 6.45) is 0. The molecule has 1 saturated heterocycles. The number of aromatic hydroxyl groups is 1. The van der Waals surface area contributed by atoms with Crippen molar-refractivity contribution in [3.8, 4) is 5.75 Å². The summed E-state index contributed by atoms with van der Waals surface area (Å²) in [7, 11) is 0. The Labute approximate surface area is 187 Å². The van der Waals surface area contributed by atoms with Crippen molar-refractivity contribution >= 4 is 47.0 Å². The van der Waals surface area contributed by atoms with Crippen molar-refractivity contribution in [2.45, 2.75) is 16.6 Å². The van der Waals surface area contributed by atoms with E-state index in [1.54, 1.807) is 0 Å². The summed E-state index contributed by atoms with van der Waals surface area (Å²) in [5.74, 6) is -2.10. The number of thioether (sulfide) groups is 2. The second kappa shape index (κ2) is 8.88. The summed E-state index contributed by atoms with van der Waals surface area (Å²) in [6, 6.07) is 4.42. The number of hydrogen-bond acceptors (Lipinski definition) is 11. The highest BCUT2D eigenvalue weighted by Gasteiger charge is 2.54. The number of aromatic nitrogens is 4. The van der Waals surface area contributed by atoms with Crippen molar-refractivity contribution in [3.05, 3.63) is 41.1 Å². The minimum absolute atomic E-state index is 0.0313. The summed E-state index contributed by atoms with van der Waals surface area (Å²) in [5, 5.41) is 46.9. The van der Waals surface area contributed by atoms with Crippen LogP contribution in [-0.4, -0.2) is 87.4 Å². The maximum Gasteiger partial charge on any atom is 0.352 e. The SMILES string of the molecule is O=C(O)C1=C(CSc2nn[nH]n2)CS[C@@H]2C(NC(=O)C(=NO)c3ccc(O)cc3)C(=O)N12.